The average Bonchev–Trinajstić information content (AvgIpc) is 3.16. The average molecular weight is 340 g/mol. The molecule has 5 heteroatoms. The number of nitrogens with zero attached hydrogens (tertiary/aromatic N) is 2. The Morgan fingerprint density at radius 2 is 2.00 bits per heavy atom. The quantitative estimate of drug-likeness (QED) is 0.843. The van der Waals surface area contributed by atoms with Gasteiger partial charge in [-0.1, -0.05) is 11.6 Å². The molecular weight excluding hydrogens is 316 g/mol. The summed E-state index contributed by atoms with van der Waals surface area (Å²) in [5.41, 5.74) is 3.60. The Bertz CT molecular complexity index is 799. The number of hydrogen-bond acceptors (Lipinski definition) is 4. The van der Waals surface area contributed by atoms with E-state index in [-0.39, 0.29) is 18.1 Å². The maximum atomic E-state index is 13.1. The summed E-state index contributed by atoms with van der Waals surface area (Å²) >= 11 is 0. The van der Waals surface area contributed by atoms with Gasteiger partial charge in [0.1, 0.15) is 0 Å². The molecule has 1 amide bonds. The standard InChI is InChI=1S/C20H24N2O3/c1-13-5-6-18-16(10-13)11-17(14(2)21-18)19(23)22-7-3-4-15(12-22)20-24-8-9-25-20/h5-6,10-11,15,20H,3-4,7-9,12H2,1-2H3/t15-/m1/s1. The summed E-state index contributed by atoms with van der Waals surface area (Å²) in [6.07, 6.45) is 1.87. The predicted molar refractivity (Wildman–Crippen MR) is 95.5 cm³/mol. The summed E-state index contributed by atoms with van der Waals surface area (Å²) in [6.45, 7) is 6.75. The smallest absolute Gasteiger partial charge is 0.255 e. The first kappa shape index (κ1) is 16.5. The van der Waals surface area contributed by atoms with Crippen molar-refractivity contribution in [2.75, 3.05) is 26.3 Å². The van der Waals surface area contributed by atoms with Crippen LogP contribution >= 0.6 is 0 Å². The Morgan fingerprint density at radius 3 is 2.80 bits per heavy atom. The van der Waals surface area contributed by atoms with Gasteiger partial charge in [0.2, 0.25) is 0 Å². The fourth-order valence-corrected chi connectivity index (χ4v) is 3.84. The topological polar surface area (TPSA) is 51.7 Å². The van der Waals surface area contributed by atoms with Gasteiger partial charge in [0.05, 0.1) is 30.0 Å². The predicted octanol–water partition coefficient (Wildman–Crippen LogP) is 3.08. The normalized spacial score (nSPS) is 21.8. The Kier molecular flexibility index (Phi) is 4.44. The number of fused-ring (bicyclic) bond motifs is 1. The second-order valence-electron chi connectivity index (χ2n) is 7.08. The largest absolute Gasteiger partial charge is 0.350 e. The molecule has 0 aliphatic carbocycles. The van der Waals surface area contributed by atoms with Crippen LogP contribution in [0.5, 0.6) is 0 Å². The molecule has 1 aromatic carbocycles. The van der Waals surface area contributed by atoms with E-state index in [1.54, 1.807) is 0 Å². The maximum Gasteiger partial charge on any atom is 0.255 e. The van der Waals surface area contributed by atoms with Crippen molar-refractivity contribution in [1.29, 1.82) is 0 Å². The van der Waals surface area contributed by atoms with Crippen LogP contribution in [0.1, 0.15) is 34.5 Å². The molecule has 0 saturated carbocycles. The zero-order valence-electron chi connectivity index (χ0n) is 14.8. The lowest BCUT2D eigenvalue weighted by molar-refractivity contribution is -0.0969. The second kappa shape index (κ2) is 6.73. The number of carbonyl (C=O) groups excluding carboxylic acids is 1. The molecule has 2 aliphatic rings. The van der Waals surface area contributed by atoms with Crippen LogP contribution < -0.4 is 0 Å². The van der Waals surface area contributed by atoms with Crippen molar-refractivity contribution in [3.05, 3.63) is 41.1 Å². The Morgan fingerprint density at radius 1 is 1.20 bits per heavy atom. The highest BCUT2D eigenvalue weighted by Crippen LogP contribution is 2.27. The van der Waals surface area contributed by atoms with E-state index in [0.717, 1.165) is 36.0 Å². The minimum Gasteiger partial charge on any atom is -0.350 e. The van der Waals surface area contributed by atoms with Gasteiger partial charge in [0.25, 0.3) is 5.91 Å². The third-order valence-electron chi connectivity index (χ3n) is 5.17. The summed E-state index contributed by atoms with van der Waals surface area (Å²) in [4.78, 5) is 19.7. The van der Waals surface area contributed by atoms with Gasteiger partial charge in [-0.25, -0.2) is 0 Å². The Balaban J connectivity index is 1.59. The zero-order valence-corrected chi connectivity index (χ0v) is 14.8. The molecule has 2 aromatic rings. The molecule has 2 fully saturated rings. The third kappa shape index (κ3) is 3.26. The minimum atomic E-state index is -0.158. The molecule has 1 aromatic heterocycles. The van der Waals surface area contributed by atoms with E-state index in [2.05, 4.69) is 18.0 Å². The molecule has 25 heavy (non-hydrogen) atoms. The van der Waals surface area contributed by atoms with Gasteiger partial charge in [0.15, 0.2) is 6.29 Å². The lowest BCUT2D eigenvalue weighted by Gasteiger charge is -2.35. The van der Waals surface area contributed by atoms with Crippen molar-refractivity contribution in [3.8, 4) is 0 Å². The third-order valence-corrected chi connectivity index (χ3v) is 5.17. The number of rotatable bonds is 2. The van der Waals surface area contributed by atoms with E-state index in [1.165, 1.54) is 5.56 Å². The number of aryl methyl sites for hydroxylation is 2. The summed E-state index contributed by atoms with van der Waals surface area (Å²) < 4.78 is 11.3. The summed E-state index contributed by atoms with van der Waals surface area (Å²) in [5.74, 6) is 0.326. The molecule has 0 bridgehead atoms. The van der Waals surface area contributed by atoms with E-state index in [0.29, 0.717) is 25.3 Å². The highest BCUT2D eigenvalue weighted by atomic mass is 16.7. The van der Waals surface area contributed by atoms with Gasteiger partial charge >= 0.3 is 0 Å². The van der Waals surface area contributed by atoms with Gasteiger partial charge < -0.3 is 14.4 Å². The van der Waals surface area contributed by atoms with Crippen molar-refractivity contribution < 1.29 is 14.3 Å². The molecule has 2 saturated heterocycles. The number of pyridine rings is 1. The minimum absolute atomic E-state index is 0.0658. The van der Waals surface area contributed by atoms with Crippen LogP contribution in [0.15, 0.2) is 24.3 Å². The number of carbonyl (C=O) groups is 1. The lowest BCUT2D eigenvalue weighted by atomic mass is 9.96. The molecule has 5 nitrogen and oxygen atoms in total. The monoisotopic (exact) mass is 340 g/mol. The van der Waals surface area contributed by atoms with Gasteiger partial charge in [-0.2, -0.15) is 0 Å². The van der Waals surface area contributed by atoms with Crippen LogP contribution in [0.3, 0.4) is 0 Å². The first-order valence-electron chi connectivity index (χ1n) is 9.02. The van der Waals surface area contributed by atoms with Gasteiger partial charge in [-0.15, -0.1) is 0 Å². The molecule has 0 radical (unpaired) electrons. The number of ether oxygens (including phenoxy) is 2. The van der Waals surface area contributed by atoms with Crippen LogP contribution in [-0.4, -0.2) is 48.4 Å². The number of aromatic nitrogens is 1. The van der Waals surface area contributed by atoms with E-state index >= 15 is 0 Å². The molecular formula is C20H24N2O3. The number of piperidine rings is 1. The van der Waals surface area contributed by atoms with Gasteiger partial charge in [-0.3, -0.25) is 9.78 Å². The molecule has 0 spiro atoms. The molecule has 0 N–H and O–H groups in total. The number of likely N-dealkylation sites (tertiary alicyclic amines) is 1. The number of hydrogen-bond donors (Lipinski definition) is 0. The first-order valence-corrected chi connectivity index (χ1v) is 9.02. The fourth-order valence-electron chi connectivity index (χ4n) is 3.84. The molecule has 1 atom stereocenters. The number of amides is 1. The fraction of sp³-hybridized carbons (Fsp3) is 0.500. The van der Waals surface area contributed by atoms with Crippen LogP contribution in [0.2, 0.25) is 0 Å². The molecule has 0 unspecified atom stereocenters. The summed E-state index contributed by atoms with van der Waals surface area (Å²) in [5, 5.41) is 1.02. The van der Waals surface area contributed by atoms with Crippen molar-refractivity contribution in [2.24, 2.45) is 5.92 Å². The van der Waals surface area contributed by atoms with Crippen LogP contribution in [0.25, 0.3) is 10.9 Å². The van der Waals surface area contributed by atoms with Crippen LogP contribution in [0, 0.1) is 19.8 Å². The van der Waals surface area contributed by atoms with Crippen molar-refractivity contribution in [2.45, 2.75) is 33.0 Å². The van der Waals surface area contributed by atoms with Crippen molar-refractivity contribution >= 4 is 16.8 Å². The van der Waals surface area contributed by atoms with E-state index in [1.807, 2.05) is 30.0 Å². The summed E-state index contributed by atoms with van der Waals surface area (Å²) in [7, 11) is 0. The molecule has 132 valence electrons. The van der Waals surface area contributed by atoms with Crippen molar-refractivity contribution in [3.63, 3.8) is 0 Å². The maximum absolute atomic E-state index is 13.1. The highest BCUT2D eigenvalue weighted by molar-refractivity contribution is 5.98. The second-order valence-corrected chi connectivity index (χ2v) is 7.08. The van der Waals surface area contributed by atoms with Crippen LogP contribution in [0.4, 0.5) is 0 Å². The zero-order chi connectivity index (χ0) is 17.4. The molecule has 3 heterocycles. The summed E-state index contributed by atoms with van der Waals surface area (Å²) in [6, 6.07) is 8.13. The highest BCUT2D eigenvalue weighted by Gasteiger charge is 2.33. The van der Waals surface area contributed by atoms with E-state index in [9.17, 15) is 4.79 Å². The van der Waals surface area contributed by atoms with Crippen molar-refractivity contribution in [1.82, 2.24) is 9.88 Å². The van der Waals surface area contributed by atoms with Gasteiger partial charge in [-0.05, 0) is 44.9 Å². The number of benzene rings is 1. The Hall–Kier alpha value is -1.98. The van der Waals surface area contributed by atoms with Crippen LogP contribution in [-0.2, 0) is 9.47 Å². The van der Waals surface area contributed by atoms with Gasteiger partial charge in [0, 0.05) is 24.4 Å². The SMILES string of the molecule is Cc1ccc2nc(C)c(C(=O)N3CCC[C@@H](C4OCCO4)C3)cc2c1. The van der Waals surface area contributed by atoms with E-state index < -0.39 is 0 Å². The Labute approximate surface area is 147 Å². The molecule has 4 rings (SSSR count). The van der Waals surface area contributed by atoms with E-state index in [4.69, 9.17) is 9.47 Å². The lowest BCUT2D eigenvalue weighted by Crippen LogP contribution is -2.44. The first-order chi connectivity index (χ1) is 12.1. The molecule has 2 aliphatic heterocycles.